The molecule has 1 unspecified atom stereocenters. The molecule has 0 fully saturated rings. The summed E-state index contributed by atoms with van der Waals surface area (Å²) in [4.78, 5) is 7.56. The van der Waals surface area contributed by atoms with Crippen molar-refractivity contribution >= 4 is 17.7 Å². The minimum Gasteiger partial charge on any atom is -0.324 e. The van der Waals surface area contributed by atoms with Crippen molar-refractivity contribution in [1.29, 1.82) is 0 Å². The van der Waals surface area contributed by atoms with Crippen LogP contribution in [0.1, 0.15) is 63.4 Å². The topological polar surface area (TPSA) is 15.6 Å². The zero-order valence-electron chi connectivity index (χ0n) is 22.7. The van der Waals surface area contributed by atoms with E-state index in [2.05, 4.69) is 145 Å². The monoisotopic (exact) mass is 474 g/mol. The molecule has 0 saturated heterocycles. The number of rotatable bonds is 7. The quantitative estimate of drug-likeness (QED) is 0.192. The molecule has 0 amide bonds. The number of aliphatic imine (C=N–C) groups is 1. The Hall–Kier alpha value is -3.65. The van der Waals surface area contributed by atoms with Crippen LogP contribution in [-0.4, -0.2) is 6.34 Å². The molecule has 0 aliphatic rings. The number of nitrogens with zero attached hydrogens (tertiary/aromatic N) is 2. The van der Waals surface area contributed by atoms with Gasteiger partial charge < -0.3 is 4.90 Å². The highest BCUT2D eigenvalue weighted by molar-refractivity contribution is 5.86. The molecule has 2 heteroatoms. The third kappa shape index (κ3) is 5.44. The van der Waals surface area contributed by atoms with Gasteiger partial charge in [-0.2, -0.15) is 0 Å². The zero-order valence-corrected chi connectivity index (χ0v) is 22.7. The molecule has 0 heterocycles. The standard InChI is InChI=1S/C34H38N2/c1-23-18-25(3)32(26(4)19-23)35-22-36(33-27(5)20-24(2)21-28(33)6)34(31-16-12-9-13-17-31)29(7)30-14-10-8-11-15-30/h8-22,29,34H,1-7H3/b35-22+/t29?,34-/m0/s1. The molecule has 36 heavy (non-hydrogen) atoms. The fourth-order valence-electron chi connectivity index (χ4n) is 5.62. The Labute approximate surface area is 217 Å². The van der Waals surface area contributed by atoms with Crippen LogP contribution in [0, 0.1) is 41.5 Å². The molecular weight excluding hydrogens is 436 g/mol. The van der Waals surface area contributed by atoms with Crippen LogP contribution in [0.15, 0.2) is 89.9 Å². The molecule has 4 rings (SSSR count). The Morgan fingerprint density at radius 1 is 0.611 bits per heavy atom. The van der Waals surface area contributed by atoms with Gasteiger partial charge in [-0.25, -0.2) is 4.99 Å². The molecule has 0 N–H and O–H groups in total. The second-order valence-corrected chi connectivity index (χ2v) is 10.2. The summed E-state index contributed by atoms with van der Waals surface area (Å²) in [5.41, 5.74) is 12.3. The molecule has 0 spiro atoms. The highest BCUT2D eigenvalue weighted by Crippen LogP contribution is 2.41. The Morgan fingerprint density at radius 2 is 1.06 bits per heavy atom. The first-order chi connectivity index (χ1) is 17.3. The molecule has 2 nitrogen and oxygen atoms in total. The van der Waals surface area contributed by atoms with Crippen LogP contribution >= 0.6 is 0 Å². The number of hydrogen-bond donors (Lipinski definition) is 0. The predicted molar refractivity (Wildman–Crippen MR) is 156 cm³/mol. The maximum absolute atomic E-state index is 5.15. The molecule has 2 atom stereocenters. The molecule has 0 bridgehead atoms. The van der Waals surface area contributed by atoms with Crippen LogP contribution in [0.4, 0.5) is 11.4 Å². The summed E-state index contributed by atoms with van der Waals surface area (Å²) in [5, 5.41) is 0. The van der Waals surface area contributed by atoms with Gasteiger partial charge in [-0.3, -0.25) is 0 Å². The van der Waals surface area contributed by atoms with E-state index >= 15 is 0 Å². The Bertz CT molecular complexity index is 1310. The second kappa shape index (κ2) is 11.0. The number of hydrogen-bond acceptors (Lipinski definition) is 1. The Morgan fingerprint density at radius 3 is 1.56 bits per heavy atom. The van der Waals surface area contributed by atoms with E-state index in [9.17, 15) is 0 Å². The van der Waals surface area contributed by atoms with Gasteiger partial charge in [-0.05, 0) is 74.9 Å². The van der Waals surface area contributed by atoms with Crippen LogP contribution in [0.2, 0.25) is 0 Å². The third-order valence-corrected chi connectivity index (χ3v) is 7.08. The number of anilines is 1. The van der Waals surface area contributed by atoms with Crippen LogP contribution in [-0.2, 0) is 0 Å². The zero-order chi connectivity index (χ0) is 25.8. The van der Waals surface area contributed by atoms with Gasteiger partial charge in [-0.1, -0.05) is 103 Å². The number of benzene rings is 4. The van der Waals surface area contributed by atoms with Crippen LogP contribution in [0.25, 0.3) is 0 Å². The fraction of sp³-hybridized carbons (Fsp3) is 0.265. The van der Waals surface area contributed by atoms with E-state index < -0.39 is 0 Å². The summed E-state index contributed by atoms with van der Waals surface area (Å²) in [6.45, 7) is 15.4. The molecular formula is C34H38N2. The first-order valence-corrected chi connectivity index (χ1v) is 12.8. The molecule has 0 aliphatic heterocycles. The van der Waals surface area contributed by atoms with Crippen molar-refractivity contribution in [2.24, 2.45) is 4.99 Å². The fourth-order valence-corrected chi connectivity index (χ4v) is 5.62. The molecule has 4 aromatic rings. The maximum Gasteiger partial charge on any atom is 0.0963 e. The van der Waals surface area contributed by atoms with Crippen molar-refractivity contribution < 1.29 is 0 Å². The van der Waals surface area contributed by atoms with Crippen molar-refractivity contribution in [3.05, 3.63) is 129 Å². The van der Waals surface area contributed by atoms with Crippen LogP contribution < -0.4 is 4.90 Å². The molecule has 0 radical (unpaired) electrons. The van der Waals surface area contributed by atoms with E-state index in [0.29, 0.717) is 0 Å². The highest BCUT2D eigenvalue weighted by atomic mass is 15.2. The van der Waals surface area contributed by atoms with Gasteiger partial charge in [0.25, 0.3) is 0 Å². The average Bonchev–Trinajstić information content (AvgIpc) is 2.83. The average molecular weight is 475 g/mol. The first-order valence-electron chi connectivity index (χ1n) is 12.8. The minimum atomic E-state index is 0.0727. The first kappa shape index (κ1) is 25.4. The van der Waals surface area contributed by atoms with E-state index in [1.165, 1.54) is 50.2 Å². The van der Waals surface area contributed by atoms with E-state index in [1.54, 1.807) is 0 Å². The van der Waals surface area contributed by atoms with Crippen molar-refractivity contribution in [3.8, 4) is 0 Å². The molecule has 0 saturated carbocycles. The number of aryl methyl sites for hydroxylation is 6. The SMILES string of the molecule is Cc1cc(C)c(/N=C/N(c2c(C)cc(C)cc2C)[C@H](c2ccccc2)C(C)c2ccccc2)c(C)c1. The summed E-state index contributed by atoms with van der Waals surface area (Å²) in [6, 6.07) is 30.7. The van der Waals surface area contributed by atoms with Gasteiger partial charge in [0.1, 0.15) is 0 Å². The molecule has 0 aliphatic carbocycles. The lowest BCUT2D eigenvalue weighted by atomic mass is 9.86. The van der Waals surface area contributed by atoms with Crippen LogP contribution in [0.5, 0.6) is 0 Å². The van der Waals surface area contributed by atoms with Crippen molar-refractivity contribution in [3.63, 3.8) is 0 Å². The smallest absolute Gasteiger partial charge is 0.0963 e. The van der Waals surface area contributed by atoms with Crippen molar-refractivity contribution in [2.45, 2.75) is 60.4 Å². The highest BCUT2D eigenvalue weighted by Gasteiger charge is 2.29. The molecule has 4 aromatic carbocycles. The van der Waals surface area contributed by atoms with Crippen molar-refractivity contribution in [2.75, 3.05) is 4.90 Å². The normalized spacial score (nSPS) is 13.1. The minimum absolute atomic E-state index is 0.0727. The summed E-state index contributed by atoms with van der Waals surface area (Å²) in [6.07, 6.45) is 2.08. The largest absolute Gasteiger partial charge is 0.324 e. The summed E-state index contributed by atoms with van der Waals surface area (Å²) in [7, 11) is 0. The summed E-state index contributed by atoms with van der Waals surface area (Å²) < 4.78 is 0. The lowest BCUT2D eigenvalue weighted by Gasteiger charge is -2.37. The predicted octanol–water partition coefficient (Wildman–Crippen LogP) is 9.25. The maximum atomic E-state index is 5.15. The summed E-state index contributed by atoms with van der Waals surface area (Å²) >= 11 is 0. The van der Waals surface area contributed by atoms with E-state index in [1.807, 2.05) is 0 Å². The van der Waals surface area contributed by atoms with Crippen molar-refractivity contribution in [1.82, 2.24) is 0 Å². The van der Waals surface area contributed by atoms with Gasteiger partial charge >= 0.3 is 0 Å². The van der Waals surface area contributed by atoms with E-state index in [-0.39, 0.29) is 12.0 Å². The summed E-state index contributed by atoms with van der Waals surface area (Å²) in [5.74, 6) is 0.236. The van der Waals surface area contributed by atoms with E-state index in [4.69, 9.17) is 4.99 Å². The van der Waals surface area contributed by atoms with Gasteiger partial charge in [0, 0.05) is 11.6 Å². The second-order valence-electron chi connectivity index (χ2n) is 10.2. The third-order valence-electron chi connectivity index (χ3n) is 7.08. The van der Waals surface area contributed by atoms with E-state index in [0.717, 1.165) is 5.69 Å². The van der Waals surface area contributed by atoms with Crippen LogP contribution in [0.3, 0.4) is 0 Å². The lowest BCUT2D eigenvalue weighted by molar-refractivity contribution is 0.593. The molecule has 184 valence electrons. The van der Waals surface area contributed by atoms with Gasteiger partial charge in [0.05, 0.1) is 18.1 Å². The Balaban J connectivity index is 1.94. The van der Waals surface area contributed by atoms with Gasteiger partial charge in [0.2, 0.25) is 0 Å². The lowest BCUT2D eigenvalue weighted by Crippen LogP contribution is -2.32. The molecule has 0 aromatic heterocycles. The Kier molecular flexibility index (Phi) is 7.74. The van der Waals surface area contributed by atoms with Gasteiger partial charge in [0.15, 0.2) is 0 Å². The van der Waals surface area contributed by atoms with Gasteiger partial charge in [-0.15, -0.1) is 0 Å².